The quantitative estimate of drug-likeness (QED) is 0.179. The number of fused-ring (bicyclic) bond motifs is 16. The van der Waals surface area contributed by atoms with Gasteiger partial charge in [0.05, 0.1) is 47.3 Å². The highest BCUT2D eigenvalue weighted by molar-refractivity contribution is 6.11. The lowest BCUT2D eigenvalue weighted by Gasteiger charge is -2.34. The Morgan fingerprint density at radius 1 is 0.431 bits per heavy atom. The number of pyridine rings is 4. The monoisotopic (exact) mass is 930 g/mol. The van der Waals surface area contributed by atoms with Gasteiger partial charge in [-0.15, -0.1) is 0 Å². The SMILES string of the molecule is CCn1c2ccc3cc2c2cc(ccc21)[C@@]1(c2ccc(OC)cc2)c2cccnc2-c2ncc(cc21)-c1ccc2c(c1)c1cc(ccc1n2CC)[C@]1(c2ccc(CO)cc2)c2cccnc2-c2ncc-3cc21. The van der Waals surface area contributed by atoms with Crippen LogP contribution < -0.4 is 4.74 Å². The summed E-state index contributed by atoms with van der Waals surface area (Å²) in [6, 6.07) is 58.3. The van der Waals surface area contributed by atoms with Crippen molar-refractivity contribution in [2.75, 3.05) is 7.11 Å². The van der Waals surface area contributed by atoms with Crippen LogP contribution in [0, 0.1) is 0 Å². The molecule has 0 spiro atoms. The number of rotatable bonds is 6. The molecule has 12 aromatic rings. The molecule has 6 aromatic heterocycles. The smallest absolute Gasteiger partial charge is 0.118 e. The molecule has 0 amide bonds. The van der Waals surface area contributed by atoms with E-state index in [9.17, 15) is 5.11 Å². The van der Waals surface area contributed by atoms with Crippen molar-refractivity contribution in [2.45, 2.75) is 44.4 Å². The van der Waals surface area contributed by atoms with Gasteiger partial charge in [-0.1, -0.05) is 72.8 Å². The number of aliphatic hydroxyl groups excluding tert-OH is 1. The highest BCUT2D eigenvalue weighted by Gasteiger charge is 2.50. The molecule has 0 unspecified atom stereocenters. The van der Waals surface area contributed by atoms with E-state index in [0.29, 0.717) is 0 Å². The number of benzene rings is 6. The van der Waals surface area contributed by atoms with Gasteiger partial charge in [-0.2, -0.15) is 0 Å². The Morgan fingerprint density at radius 2 is 0.847 bits per heavy atom. The Kier molecular flexibility index (Phi) is 8.51. The Hall–Kier alpha value is -8.72. The zero-order chi connectivity index (χ0) is 48.0. The Balaban J connectivity index is 1.11. The van der Waals surface area contributed by atoms with Crippen LogP contribution in [0.3, 0.4) is 0 Å². The maximum Gasteiger partial charge on any atom is 0.118 e. The van der Waals surface area contributed by atoms with Gasteiger partial charge >= 0.3 is 0 Å². The Labute approximate surface area is 415 Å². The average molecular weight is 931 g/mol. The summed E-state index contributed by atoms with van der Waals surface area (Å²) in [6.07, 6.45) is 7.83. The Morgan fingerprint density at radius 3 is 1.29 bits per heavy atom. The molecule has 0 saturated heterocycles. The average Bonchev–Trinajstić information content (AvgIpc) is 4.14. The summed E-state index contributed by atoms with van der Waals surface area (Å²) in [7, 11) is 1.72. The largest absolute Gasteiger partial charge is 0.497 e. The predicted molar refractivity (Wildman–Crippen MR) is 286 cm³/mol. The number of aliphatic hydroxyl groups is 1. The van der Waals surface area contributed by atoms with Crippen LogP contribution in [0.15, 0.2) is 183 Å². The van der Waals surface area contributed by atoms with Gasteiger partial charge in [0.1, 0.15) is 5.75 Å². The molecular formula is C64H46N6O2. The van der Waals surface area contributed by atoms with E-state index >= 15 is 0 Å². The van der Waals surface area contributed by atoms with E-state index in [1.807, 2.05) is 24.8 Å². The third kappa shape index (κ3) is 5.18. The van der Waals surface area contributed by atoms with E-state index in [2.05, 4.69) is 181 Å². The van der Waals surface area contributed by atoms with E-state index in [1.165, 1.54) is 43.6 Å². The first kappa shape index (κ1) is 41.1. The van der Waals surface area contributed by atoms with Crippen molar-refractivity contribution >= 4 is 43.6 Å². The third-order valence-electron chi connectivity index (χ3n) is 16.4. The molecule has 0 saturated carbocycles. The summed E-state index contributed by atoms with van der Waals surface area (Å²) in [4.78, 5) is 21.0. The van der Waals surface area contributed by atoms with Crippen LogP contribution in [-0.2, 0) is 30.5 Å². The third-order valence-corrected chi connectivity index (χ3v) is 16.4. The molecule has 6 aromatic carbocycles. The molecule has 0 aliphatic heterocycles. The minimum absolute atomic E-state index is 0.0387. The van der Waals surface area contributed by atoms with Crippen LogP contribution in [0.1, 0.15) is 63.9 Å². The molecule has 8 nitrogen and oxygen atoms in total. The van der Waals surface area contributed by atoms with Gasteiger partial charge in [0.25, 0.3) is 0 Å². The molecule has 72 heavy (non-hydrogen) atoms. The van der Waals surface area contributed by atoms with Crippen LogP contribution >= 0.6 is 0 Å². The first-order valence-electron chi connectivity index (χ1n) is 24.9. The minimum atomic E-state index is -0.793. The molecule has 12 bridgehead atoms. The van der Waals surface area contributed by atoms with Crippen molar-refractivity contribution in [1.82, 2.24) is 29.1 Å². The zero-order valence-corrected chi connectivity index (χ0v) is 40.0. The summed E-state index contributed by atoms with van der Waals surface area (Å²) in [5.41, 5.74) is 20.5. The second kappa shape index (κ2) is 14.9. The first-order chi connectivity index (χ1) is 35.5. The second-order valence-corrected chi connectivity index (χ2v) is 19.5. The topological polar surface area (TPSA) is 90.9 Å². The van der Waals surface area contributed by atoms with Gasteiger partial charge in [0, 0.05) is 104 Å². The lowest BCUT2D eigenvalue weighted by atomic mass is 9.67. The van der Waals surface area contributed by atoms with E-state index in [-0.39, 0.29) is 6.61 Å². The number of nitrogens with zero attached hydrogens (tertiary/aromatic N) is 6. The predicted octanol–water partition coefficient (Wildman–Crippen LogP) is 13.4. The minimum Gasteiger partial charge on any atom is -0.497 e. The second-order valence-electron chi connectivity index (χ2n) is 19.5. The summed E-state index contributed by atoms with van der Waals surface area (Å²) in [5.74, 6) is 0.799. The zero-order valence-electron chi connectivity index (χ0n) is 40.0. The fourth-order valence-corrected chi connectivity index (χ4v) is 13.3. The molecule has 8 heteroatoms. The van der Waals surface area contributed by atoms with E-state index in [1.54, 1.807) is 7.11 Å². The number of hydrogen-bond donors (Lipinski definition) is 1. The summed E-state index contributed by atoms with van der Waals surface area (Å²) in [5, 5.41) is 15.0. The van der Waals surface area contributed by atoms with Crippen LogP contribution in [0.4, 0.5) is 0 Å². The molecule has 0 radical (unpaired) electrons. The number of methoxy groups -OCH3 is 1. The van der Waals surface area contributed by atoms with Crippen molar-refractivity contribution in [2.24, 2.45) is 0 Å². The van der Waals surface area contributed by atoms with Crippen molar-refractivity contribution < 1.29 is 9.84 Å². The van der Waals surface area contributed by atoms with E-state index < -0.39 is 10.8 Å². The maximum atomic E-state index is 10.3. The van der Waals surface area contributed by atoms with Gasteiger partial charge in [-0.25, -0.2) is 0 Å². The molecule has 1 N–H and O–H groups in total. The molecule has 3 aliphatic rings. The fraction of sp³-hybridized carbons (Fsp3) is 0.125. The van der Waals surface area contributed by atoms with E-state index in [4.69, 9.17) is 24.7 Å². The standard InChI is InChI=1S/C64H46N6O2/c1-4-69-55-23-13-39-29-47(55)49-32-44(18-24-57(49)69)63(42-14-10-37(36-71)11-15-42)51-8-6-26-65-59(51)61-53(63)30-40(34-67-61)38-12-22-56-48(28-38)50-33-45(19-25-58(50)70(56)5-2)64(43-16-20-46(72-3)21-17-43)52-9-7-27-66-60(52)62-54(64)31-41(39)35-68-62/h6-35,71H,4-5,36H2,1-3H3/t63-,64+/m1/s1. The van der Waals surface area contributed by atoms with Crippen molar-refractivity contribution in [3.8, 4) is 50.8 Å². The van der Waals surface area contributed by atoms with Gasteiger partial charge in [0.15, 0.2) is 0 Å². The van der Waals surface area contributed by atoms with Gasteiger partial charge in [-0.3, -0.25) is 19.9 Å². The molecule has 15 rings (SSSR count). The molecule has 344 valence electrons. The van der Waals surface area contributed by atoms with Gasteiger partial charge < -0.3 is 19.0 Å². The van der Waals surface area contributed by atoms with Crippen molar-refractivity contribution in [1.29, 1.82) is 0 Å². The highest BCUT2D eigenvalue weighted by atomic mass is 16.5. The lowest BCUT2D eigenvalue weighted by molar-refractivity contribution is 0.282. The lowest BCUT2D eigenvalue weighted by Crippen LogP contribution is -2.29. The normalized spacial score (nSPS) is 16.9. The number of ether oxygens (including phenoxy) is 1. The summed E-state index contributed by atoms with van der Waals surface area (Å²) < 4.78 is 10.6. The molecule has 2 atom stereocenters. The number of hydrogen-bond acceptors (Lipinski definition) is 6. The number of aromatic nitrogens is 6. The molecular weight excluding hydrogens is 885 g/mol. The van der Waals surface area contributed by atoms with Crippen LogP contribution in [0.5, 0.6) is 5.75 Å². The highest BCUT2D eigenvalue weighted by Crippen LogP contribution is 2.58. The Bertz CT molecular complexity index is 4010. The van der Waals surface area contributed by atoms with Crippen molar-refractivity contribution in [3.63, 3.8) is 0 Å². The summed E-state index contributed by atoms with van der Waals surface area (Å²) in [6.45, 7) is 6.04. The van der Waals surface area contributed by atoms with Crippen LogP contribution in [-0.4, -0.2) is 41.3 Å². The first-order valence-corrected chi connectivity index (χ1v) is 24.9. The molecule has 0 fully saturated rings. The van der Waals surface area contributed by atoms with Crippen molar-refractivity contribution in [3.05, 3.63) is 233 Å². The van der Waals surface area contributed by atoms with Crippen LogP contribution in [0.25, 0.3) is 88.6 Å². The molecule has 6 heterocycles. The van der Waals surface area contributed by atoms with Crippen LogP contribution in [0.2, 0.25) is 0 Å². The van der Waals surface area contributed by atoms with Gasteiger partial charge in [-0.05, 0) is 149 Å². The molecule has 3 aliphatic carbocycles. The van der Waals surface area contributed by atoms with E-state index in [0.717, 1.165) is 114 Å². The number of aryl methyl sites for hydroxylation is 2. The van der Waals surface area contributed by atoms with Gasteiger partial charge in [0.2, 0.25) is 0 Å². The fourth-order valence-electron chi connectivity index (χ4n) is 13.3. The summed E-state index contributed by atoms with van der Waals surface area (Å²) >= 11 is 0. The maximum absolute atomic E-state index is 10.3.